The number of phenols is 1. The van der Waals surface area contributed by atoms with Crippen LogP contribution in [-0.4, -0.2) is 50.1 Å². The first-order valence-corrected chi connectivity index (χ1v) is 9.95. The first-order chi connectivity index (χ1) is 14.5. The molecule has 1 aromatic carbocycles. The minimum absolute atomic E-state index is 0.0249. The SMILES string of the molecule is CC(NO)c1ccc(O)c2c1C[C@H]1C[C@H]3CC(=O)C(C(N)=O)C(=O)[C@@]3(O)C(=O)C1C2=O. The number of hydrogen-bond acceptors (Lipinski definition) is 9. The normalized spacial score (nSPS) is 33.4. The Kier molecular flexibility index (Phi) is 4.84. The molecule has 0 saturated heterocycles. The molecule has 2 saturated carbocycles. The highest BCUT2D eigenvalue weighted by Gasteiger charge is 2.66. The monoisotopic (exact) mass is 430 g/mol. The topological polar surface area (TPSA) is 184 Å². The molecular weight excluding hydrogens is 408 g/mol. The van der Waals surface area contributed by atoms with E-state index in [4.69, 9.17) is 5.73 Å². The van der Waals surface area contributed by atoms with E-state index in [1.165, 1.54) is 6.07 Å². The van der Waals surface area contributed by atoms with Crippen LogP contribution in [0, 0.1) is 23.7 Å². The smallest absolute Gasteiger partial charge is 0.235 e. The van der Waals surface area contributed by atoms with Gasteiger partial charge in [-0.25, -0.2) is 0 Å². The van der Waals surface area contributed by atoms with Crippen molar-refractivity contribution < 1.29 is 39.4 Å². The van der Waals surface area contributed by atoms with Gasteiger partial charge in [-0.1, -0.05) is 6.07 Å². The Morgan fingerprint density at radius 1 is 1.19 bits per heavy atom. The van der Waals surface area contributed by atoms with Gasteiger partial charge in [0, 0.05) is 12.3 Å². The summed E-state index contributed by atoms with van der Waals surface area (Å²) in [5, 5.41) is 30.8. The van der Waals surface area contributed by atoms with E-state index in [1.807, 2.05) is 0 Å². The molecule has 10 nitrogen and oxygen atoms in total. The number of primary amides is 1. The van der Waals surface area contributed by atoms with Crippen molar-refractivity contribution >= 4 is 29.0 Å². The van der Waals surface area contributed by atoms with Gasteiger partial charge in [0.2, 0.25) is 5.91 Å². The second-order valence-corrected chi connectivity index (χ2v) is 8.62. The van der Waals surface area contributed by atoms with Crippen LogP contribution in [0.4, 0.5) is 0 Å². The molecule has 1 amide bonds. The van der Waals surface area contributed by atoms with E-state index in [0.717, 1.165) is 0 Å². The molecule has 1 aromatic rings. The molecule has 3 unspecified atom stereocenters. The summed E-state index contributed by atoms with van der Waals surface area (Å²) in [6.07, 6.45) is -0.189. The predicted octanol–water partition coefficient (Wildman–Crippen LogP) is -0.633. The van der Waals surface area contributed by atoms with E-state index in [0.29, 0.717) is 11.1 Å². The fourth-order valence-corrected chi connectivity index (χ4v) is 5.47. The van der Waals surface area contributed by atoms with E-state index in [9.17, 15) is 39.4 Å². The van der Waals surface area contributed by atoms with Crippen LogP contribution in [0.1, 0.15) is 47.3 Å². The van der Waals surface area contributed by atoms with Crippen LogP contribution < -0.4 is 11.2 Å². The van der Waals surface area contributed by atoms with Gasteiger partial charge in [0.1, 0.15) is 5.75 Å². The lowest BCUT2D eigenvalue weighted by molar-refractivity contribution is -0.175. The van der Waals surface area contributed by atoms with Crippen LogP contribution in [0.25, 0.3) is 0 Å². The van der Waals surface area contributed by atoms with Gasteiger partial charge in [0.05, 0.1) is 17.5 Å². The van der Waals surface area contributed by atoms with E-state index in [-0.39, 0.29) is 30.6 Å². The summed E-state index contributed by atoms with van der Waals surface area (Å²) in [5.74, 6) is -10.5. The number of carbonyl (C=O) groups is 5. The van der Waals surface area contributed by atoms with Crippen LogP contribution >= 0.6 is 0 Å². The van der Waals surface area contributed by atoms with Crippen LogP contribution in [0.3, 0.4) is 0 Å². The molecule has 164 valence electrons. The van der Waals surface area contributed by atoms with Gasteiger partial charge in [-0.15, -0.1) is 0 Å². The Morgan fingerprint density at radius 3 is 2.48 bits per heavy atom. The van der Waals surface area contributed by atoms with Crippen LogP contribution in [0.2, 0.25) is 0 Å². The third-order valence-electron chi connectivity index (χ3n) is 6.98. The number of benzene rings is 1. The third kappa shape index (κ3) is 2.79. The first-order valence-electron chi connectivity index (χ1n) is 9.95. The van der Waals surface area contributed by atoms with Gasteiger partial charge in [0.15, 0.2) is 34.7 Å². The summed E-state index contributed by atoms with van der Waals surface area (Å²) in [5.41, 5.74) is 5.50. The molecule has 0 bridgehead atoms. The average molecular weight is 430 g/mol. The van der Waals surface area contributed by atoms with Gasteiger partial charge >= 0.3 is 0 Å². The highest BCUT2D eigenvalue weighted by molar-refractivity contribution is 6.31. The number of fused-ring (bicyclic) bond motifs is 3. The van der Waals surface area contributed by atoms with Crippen molar-refractivity contribution in [2.45, 2.75) is 37.8 Å². The van der Waals surface area contributed by atoms with Crippen LogP contribution in [-0.2, 0) is 25.6 Å². The highest BCUT2D eigenvalue weighted by Crippen LogP contribution is 2.50. The zero-order chi connectivity index (χ0) is 22.8. The highest BCUT2D eigenvalue weighted by atomic mass is 16.5. The first kappa shape index (κ1) is 21.3. The number of amides is 1. The van der Waals surface area contributed by atoms with Gasteiger partial charge in [-0.2, -0.15) is 5.48 Å². The maximum atomic E-state index is 13.3. The standard InChI is InChI=1S/C21H22N2O8/c1-7(23-31)10-2-3-12(24)15-11(10)5-8-4-9-6-13(25)16(20(22)29)19(28)21(9,30)18(27)14(8)17(15)26/h2-3,7-9,14,16,23-24,30-31H,4-6H2,1H3,(H2,22,29)/t7?,8-,9+,14?,16?,21+/m1/s1. The van der Waals surface area contributed by atoms with E-state index < -0.39 is 64.4 Å². The Balaban J connectivity index is 1.82. The molecule has 2 fully saturated rings. The number of carbonyl (C=O) groups excluding carboxylic acids is 5. The summed E-state index contributed by atoms with van der Waals surface area (Å²) in [4.78, 5) is 63.4. The molecule has 0 spiro atoms. The lowest BCUT2D eigenvalue weighted by atomic mass is 9.53. The zero-order valence-electron chi connectivity index (χ0n) is 16.6. The van der Waals surface area contributed by atoms with Gasteiger partial charge in [0.25, 0.3) is 0 Å². The Labute approximate surface area is 176 Å². The van der Waals surface area contributed by atoms with Crippen molar-refractivity contribution in [3.05, 3.63) is 28.8 Å². The fourth-order valence-electron chi connectivity index (χ4n) is 5.47. The molecule has 31 heavy (non-hydrogen) atoms. The number of Topliss-reactive ketones (excluding diaryl/α,β-unsaturated/α-hetero) is 4. The molecular formula is C21H22N2O8. The number of nitrogens with two attached hydrogens (primary N) is 1. The number of rotatable bonds is 3. The molecule has 0 radical (unpaired) electrons. The minimum atomic E-state index is -2.66. The number of aliphatic hydroxyl groups is 1. The largest absolute Gasteiger partial charge is 0.507 e. The number of nitrogens with one attached hydrogen (secondary N) is 1. The molecule has 4 rings (SSSR count). The maximum absolute atomic E-state index is 13.3. The Morgan fingerprint density at radius 2 is 1.87 bits per heavy atom. The van der Waals surface area contributed by atoms with Crippen molar-refractivity contribution in [1.82, 2.24) is 5.48 Å². The van der Waals surface area contributed by atoms with Crippen LogP contribution in [0.15, 0.2) is 12.1 Å². The molecule has 0 aliphatic heterocycles. The number of hydrogen-bond donors (Lipinski definition) is 5. The van der Waals surface area contributed by atoms with Crippen molar-refractivity contribution in [2.75, 3.05) is 0 Å². The zero-order valence-corrected chi connectivity index (χ0v) is 16.6. The van der Waals surface area contributed by atoms with Crippen molar-refractivity contribution in [3.8, 4) is 5.75 Å². The number of phenolic OH excluding ortho intramolecular Hbond substituents is 1. The van der Waals surface area contributed by atoms with Crippen LogP contribution in [0.5, 0.6) is 5.75 Å². The third-order valence-corrected chi connectivity index (χ3v) is 6.98. The Bertz CT molecular complexity index is 1050. The molecule has 0 aromatic heterocycles. The molecule has 6 N–H and O–H groups in total. The summed E-state index contributed by atoms with van der Waals surface area (Å²) in [6, 6.07) is 2.27. The predicted molar refractivity (Wildman–Crippen MR) is 102 cm³/mol. The Hall–Kier alpha value is -2.95. The lowest BCUT2D eigenvalue weighted by Gasteiger charge is -2.48. The summed E-state index contributed by atoms with van der Waals surface area (Å²) >= 11 is 0. The summed E-state index contributed by atoms with van der Waals surface area (Å²) < 4.78 is 0. The van der Waals surface area contributed by atoms with Gasteiger partial charge in [-0.3, -0.25) is 24.0 Å². The summed E-state index contributed by atoms with van der Waals surface area (Å²) in [6.45, 7) is 1.65. The van der Waals surface area contributed by atoms with Crippen molar-refractivity contribution in [2.24, 2.45) is 29.4 Å². The second kappa shape index (κ2) is 7.04. The second-order valence-electron chi connectivity index (χ2n) is 8.62. The number of hydroxylamine groups is 1. The molecule has 0 heterocycles. The fraction of sp³-hybridized carbons (Fsp3) is 0.476. The van der Waals surface area contributed by atoms with Gasteiger partial charge < -0.3 is 21.2 Å². The summed E-state index contributed by atoms with van der Waals surface area (Å²) in [7, 11) is 0. The number of ketones is 4. The maximum Gasteiger partial charge on any atom is 0.235 e. The molecule has 10 heteroatoms. The molecule has 6 atom stereocenters. The lowest BCUT2D eigenvalue weighted by Crippen LogP contribution is -2.68. The average Bonchev–Trinajstić information content (AvgIpc) is 2.70. The van der Waals surface area contributed by atoms with E-state index in [1.54, 1.807) is 13.0 Å². The van der Waals surface area contributed by atoms with Crippen molar-refractivity contribution in [1.29, 1.82) is 0 Å². The van der Waals surface area contributed by atoms with Crippen molar-refractivity contribution in [3.63, 3.8) is 0 Å². The quantitative estimate of drug-likeness (QED) is 0.307. The number of aromatic hydroxyl groups is 1. The minimum Gasteiger partial charge on any atom is -0.507 e. The van der Waals surface area contributed by atoms with E-state index in [2.05, 4.69) is 5.48 Å². The van der Waals surface area contributed by atoms with E-state index >= 15 is 0 Å². The molecule has 3 aliphatic carbocycles. The van der Waals surface area contributed by atoms with Gasteiger partial charge in [-0.05, 0) is 42.9 Å². The molecule has 3 aliphatic rings.